The fourth-order valence-electron chi connectivity index (χ4n) is 10.3. The third-order valence-corrected chi connectivity index (χ3v) is 14.5. The van der Waals surface area contributed by atoms with Gasteiger partial charge >= 0.3 is 382 Å². The molecule has 4 heterocycles. The summed E-state index contributed by atoms with van der Waals surface area (Å²) in [4.78, 5) is 4.90. The van der Waals surface area contributed by atoms with Crippen LogP contribution in [0.4, 0.5) is 0 Å². The van der Waals surface area contributed by atoms with Crippen LogP contribution in [-0.2, 0) is 24.8 Å². The van der Waals surface area contributed by atoms with Gasteiger partial charge in [0.25, 0.3) is 0 Å². The predicted molar refractivity (Wildman–Crippen MR) is 293 cm³/mol. The van der Waals surface area contributed by atoms with Crippen molar-refractivity contribution < 1.29 is 37.8 Å². The van der Waals surface area contributed by atoms with Gasteiger partial charge in [-0.25, -0.2) is 0 Å². The predicted octanol–water partition coefficient (Wildman–Crippen LogP) is 16.8. The van der Waals surface area contributed by atoms with E-state index in [4.69, 9.17) is 17.9 Å². The summed E-state index contributed by atoms with van der Waals surface area (Å²) in [6, 6.07) is 45.8. The Bertz CT molecular complexity index is 4750. The average Bonchev–Trinajstić information content (AvgIpc) is 4.28. The first-order valence-electron chi connectivity index (χ1n) is 28.6. The zero-order chi connectivity index (χ0) is 57.4. The number of aromatic nitrogens is 5. The molecule has 0 radical (unpaired) electrons. The molecule has 13 rings (SSSR count). The van der Waals surface area contributed by atoms with Gasteiger partial charge in [-0.15, -0.1) is 0 Å². The van der Waals surface area contributed by atoms with E-state index in [0.29, 0.717) is 37.7 Å². The van der Waals surface area contributed by atoms with E-state index in [1.807, 2.05) is 129 Å². The van der Waals surface area contributed by atoms with E-state index in [9.17, 15) is 5.48 Å². The van der Waals surface area contributed by atoms with E-state index < -0.39 is 60.4 Å². The molecule has 6 nitrogen and oxygen atoms in total. The number of nitrogens with zero attached hydrogens (tertiary/aromatic N) is 5. The Morgan fingerprint density at radius 2 is 1.06 bits per heavy atom. The molecule has 4 aromatic heterocycles. The molecule has 9 aromatic carbocycles. The Balaban J connectivity index is 1.07. The summed E-state index contributed by atoms with van der Waals surface area (Å²) in [7, 11) is 0. The van der Waals surface area contributed by atoms with Gasteiger partial charge in [0.1, 0.15) is 0 Å². The van der Waals surface area contributed by atoms with Crippen LogP contribution in [0.3, 0.4) is 0 Å². The molecule has 350 valence electrons. The Morgan fingerprint density at radius 1 is 0.486 bits per heavy atom. The van der Waals surface area contributed by atoms with E-state index in [1.54, 1.807) is 12.1 Å². The molecular weight excluding hydrogens is 1060 g/mol. The van der Waals surface area contributed by atoms with E-state index in [1.165, 1.54) is 0 Å². The average molecular weight is 1120 g/mol. The Hall–Kier alpha value is -8.31. The Kier molecular flexibility index (Phi) is 8.15. The summed E-state index contributed by atoms with van der Waals surface area (Å²) >= 11 is 2.21. The van der Waals surface area contributed by atoms with Gasteiger partial charge in [0.2, 0.25) is 0 Å². The number of fused-ring (bicyclic) bond motifs is 7. The summed E-state index contributed by atoms with van der Waals surface area (Å²) < 4.78 is 107. The molecule has 0 aliphatic heterocycles. The third-order valence-electron chi connectivity index (χ3n) is 13.5. The first-order chi connectivity index (χ1) is 39.3. The molecule has 0 fully saturated rings. The van der Waals surface area contributed by atoms with Crippen LogP contribution in [0.25, 0.3) is 99.8 Å². The minimum absolute atomic E-state index is 0.106. The van der Waals surface area contributed by atoms with Crippen LogP contribution >= 0.6 is 0 Å². The van der Waals surface area contributed by atoms with Crippen molar-refractivity contribution >= 4 is 54.6 Å². The second-order valence-electron chi connectivity index (χ2n) is 18.9. The molecular formula is C65H49N5OPt. The number of aryl methyl sites for hydroxylation is 1. The minimum atomic E-state index is -0.578. The van der Waals surface area contributed by atoms with Gasteiger partial charge in [0, 0.05) is 6.20 Å². The standard InChI is InChI=1S/C65H49N5O.Pt/c1-43-19-17-28-54-53-34-33-50(41-61(53)70(63(43)54)62-37-46(35-36-66-62)65(2,3)4)71-49-25-18-24-47(38-49)67-42-68(60-32-16-15-31-59(60)67)64-55(44-20-7-5-8-21-44)39-48(40-56(64)45-22-9-6-10-23-45)69-57-29-13-11-26-51(57)52-27-12-14-30-58(52)69;/h5-41H,1-4H3;/i5D,6D,7D,8D,9D,10D,20D,21D,22D,23D;. The third kappa shape index (κ3) is 7.20. The summed E-state index contributed by atoms with van der Waals surface area (Å²) in [5, 5.41) is 3.99. The maximum atomic E-state index is 9.56. The second-order valence-corrected chi connectivity index (χ2v) is 19.9. The Labute approximate surface area is 442 Å². The molecule has 0 N–H and O–H groups in total. The number of benzene rings is 9. The van der Waals surface area contributed by atoms with Crippen molar-refractivity contribution in [2.45, 2.75) is 33.1 Å². The molecule has 72 heavy (non-hydrogen) atoms. The zero-order valence-corrected chi connectivity index (χ0v) is 41.8. The zero-order valence-electron chi connectivity index (χ0n) is 49.5. The van der Waals surface area contributed by atoms with Gasteiger partial charge in [0.15, 0.2) is 0 Å². The number of hydrogen-bond acceptors (Lipinski definition) is 2. The van der Waals surface area contributed by atoms with Gasteiger partial charge in [-0.2, -0.15) is 0 Å². The van der Waals surface area contributed by atoms with Crippen molar-refractivity contribution in [2.24, 2.45) is 0 Å². The molecule has 0 saturated heterocycles. The van der Waals surface area contributed by atoms with Crippen LogP contribution in [-0.4, -0.2) is 23.3 Å². The summed E-state index contributed by atoms with van der Waals surface area (Å²) in [6.07, 6.45) is 1.86. The van der Waals surface area contributed by atoms with Gasteiger partial charge in [-0.05, 0) is 24.0 Å². The molecule has 0 saturated carbocycles. The van der Waals surface area contributed by atoms with Crippen molar-refractivity contribution in [2.75, 3.05) is 0 Å². The van der Waals surface area contributed by atoms with Crippen LogP contribution in [0.2, 0.25) is 0 Å². The van der Waals surface area contributed by atoms with Crippen LogP contribution in [0, 0.1) is 10.7 Å². The van der Waals surface area contributed by atoms with Gasteiger partial charge < -0.3 is 0 Å². The monoisotopic (exact) mass is 1120 g/mol. The van der Waals surface area contributed by atoms with Crippen LogP contribution in [0.5, 0.6) is 11.5 Å². The quantitative estimate of drug-likeness (QED) is 0.152. The summed E-state index contributed by atoms with van der Waals surface area (Å²) in [5.41, 5.74) is 8.41. The Morgan fingerprint density at radius 3 is 1.71 bits per heavy atom. The number of imidazole rings is 1. The van der Waals surface area contributed by atoms with Crippen molar-refractivity contribution in [3.8, 4) is 56.6 Å². The normalized spacial score (nSPS) is 13.9. The van der Waals surface area contributed by atoms with Gasteiger partial charge in [-0.1, -0.05) is 32.9 Å². The molecule has 7 heteroatoms. The maximum absolute atomic E-state index is 9.56. The topological polar surface area (TPSA) is 41.8 Å². The molecule has 0 bridgehead atoms. The summed E-state index contributed by atoms with van der Waals surface area (Å²) in [5.74, 6) is 1.92. The van der Waals surface area contributed by atoms with E-state index in [0.717, 1.165) is 60.6 Å². The van der Waals surface area contributed by atoms with Crippen molar-refractivity contribution in [1.82, 2.24) is 23.3 Å². The van der Waals surface area contributed by atoms with Crippen LogP contribution in [0.15, 0.2) is 224 Å². The number of ether oxygens (including phenoxy) is 1. The molecule has 13 aromatic rings. The van der Waals surface area contributed by atoms with Gasteiger partial charge in [-0.3, -0.25) is 0 Å². The van der Waals surface area contributed by atoms with E-state index >= 15 is 0 Å². The first kappa shape index (κ1) is 34.1. The number of rotatable bonds is 8. The SMILES string of the molecule is [2H]c1c([2H])c([2H])c(-c2cc(-n3c4ccccc4c4ccccc43)cc(-c3c([2H])c([2H])c([2H])c([2H])c3[2H])c2-n2[c](=[Pt])n(-c3cccc(Oc4ccc5c6cccc(C)c6n(-c6cc(C(C)(C)C)ccn6)c5c4)c3)c3ccccc32)c([2H])c1[2H]. The van der Waals surface area contributed by atoms with E-state index in [-0.39, 0.29) is 33.4 Å². The van der Waals surface area contributed by atoms with Gasteiger partial charge in [0.05, 0.1) is 0 Å². The van der Waals surface area contributed by atoms with Crippen molar-refractivity contribution in [1.29, 1.82) is 0 Å². The first-order valence-corrected chi connectivity index (χ1v) is 24.8. The summed E-state index contributed by atoms with van der Waals surface area (Å²) in [6.45, 7) is 8.68. The molecule has 0 aliphatic rings. The fourth-order valence-corrected chi connectivity index (χ4v) is 11.4. The molecule has 0 atom stereocenters. The number of hydrogen-bond donors (Lipinski definition) is 0. The fraction of sp³-hybridized carbons (Fsp3) is 0.0769. The van der Waals surface area contributed by atoms with Crippen molar-refractivity contribution in [3.05, 3.63) is 239 Å². The number of pyridine rings is 1. The molecule has 0 unspecified atom stereocenters. The van der Waals surface area contributed by atoms with Crippen molar-refractivity contribution in [3.63, 3.8) is 0 Å². The molecule has 0 aliphatic carbocycles. The molecule has 0 spiro atoms. The van der Waals surface area contributed by atoms with Crippen LogP contribution < -0.4 is 4.74 Å². The second kappa shape index (κ2) is 17.2. The van der Waals surface area contributed by atoms with E-state index in [2.05, 4.69) is 88.0 Å². The van der Waals surface area contributed by atoms with Crippen LogP contribution in [0.1, 0.15) is 45.6 Å². The number of para-hydroxylation sites is 5. The molecule has 0 amide bonds.